The number of carbonyl (C=O) groups is 2. The molecule has 30 heavy (non-hydrogen) atoms. The fraction of sp³-hybridized carbons (Fsp3) is 0.591. The van der Waals surface area contributed by atoms with Gasteiger partial charge in [-0.1, -0.05) is 24.3 Å². The molecular weight excluding hydrogens is 382 g/mol. The van der Waals surface area contributed by atoms with Crippen LogP contribution >= 0.6 is 0 Å². The maximum Gasteiger partial charge on any atom is 0.410 e. The first-order chi connectivity index (χ1) is 14.2. The van der Waals surface area contributed by atoms with Gasteiger partial charge in [-0.15, -0.1) is 0 Å². The lowest BCUT2D eigenvalue weighted by atomic mass is 10.1. The Hall–Kier alpha value is -2.77. The van der Waals surface area contributed by atoms with E-state index in [0.29, 0.717) is 38.6 Å². The largest absolute Gasteiger partial charge is 0.444 e. The third-order valence-corrected chi connectivity index (χ3v) is 5.13. The van der Waals surface area contributed by atoms with E-state index in [1.54, 1.807) is 11.9 Å². The molecular formula is C22H33N5O3. The van der Waals surface area contributed by atoms with Gasteiger partial charge in [0.25, 0.3) is 0 Å². The fourth-order valence-corrected chi connectivity index (χ4v) is 3.47. The normalized spacial score (nSPS) is 17.7. The lowest BCUT2D eigenvalue weighted by molar-refractivity contribution is -0.128. The number of benzene rings is 1. The van der Waals surface area contributed by atoms with Gasteiger partial charge in [0, 0.05) is 46.2 Å². The first-order valence-corrected chi connectivity index (χ1v) is 10.5. The molecule has 2 amide bonds. The Bertz CT molecular complexity index is 779. The minimum absolute atomic E-state index is 0.157. The van der Waals surface area contributed by atoms with Crippen molar-refractivity contribution < 1.29 is 14.3 Å². The number of likely N-dealkylation sites (tertiary alicyclic amines) is 2. The van der Waals surface area contributed by atoms with Gasteiger partial charge in [0.15, 0.2) is 5.96 Å². The summed E-state index contributed by atoms with van der Waals surface area (Å²) in [5.74, 6) is 0.951. The molecule has 0 spiro atoms. The third-order valence-electron chi connectivity index (χ3n) is 5.13. The van der Waals surface area contributed by atoms with Crippen LogP contribution in [0.5, 0.6) is 0 Å². The Labute approximate surface area is 178 Å². The van der Waals surface area contributed by atoms with Gasteiger partial charge in [-0.25, -0.2) is 4.79 Å². The van der Waals surface area contributed by atoms with Crippen LogP contribution in [0.1, 0.15) is 44.7 Å². The van der Waals surface area contributed by atoms with Crippen LogP contribution in [-0.4, -0.2) is 66.1 Å². The highest BCUT2D eigenvalue weighted by Gasteiger charge is 2.34. The van der Waals surface area contributed by atoms with Crippen molar-refractivity contribution in [2.45, 2.75) is 58.3 Å². The predicted octanol–water partition coefficient (Wildman–Crippen LogP) is 2.09. The summed E-state index contributed by atoms with van der Waals surface area (Å²) in [5, 5.41) is 6.64. The number of nitrogens with zero attached hydrogens (tertiary/aromatic N) is 3. The molecule has 2 N–H and O–H groups in total. The van der Waals surface area contributed by atoms with Crippen LogP contribution in [0.4, 0.5) is 4.79 Å². The van der Waals surface area contributed by atoms with Crippen LogP contribution in [0.15, 0.2) is 29.3 Å². The number of aliphatic imine (C=N–C) groups is 1. The smallest absolute Gasteiger partial charge is 0.410 e. The van der Waals surface area contributed by atoms with Crippen molar-refractivity contribution in [1.82, 2.24) is 20.4 Å². The molecule has 0 saturated carbocycles. The molecule has 2 fully saturated rings. The summed E-state index contributed by atoms with van der Waals surface area (Å²) in [6, 6.07) is 8.45. The maximum absolute atomic E-state index is 12.0. The highest BCUT2D eigenvalue weighted by Crippen LogP contribution is 2.16. The molecule has 1 aromatic carbocycles. The molecule has 0 aliphatic carbocycles. The first-order valence-electron chi connectivity index (χ1n) is 10.5. The van der Waals surface area contributed by atoms with E-state index in [4.69, 9.17) is 4.74 Å². The van der Waals surface area contributed by atoms with Crippen molar-refractivity contribution in [3.8, 4) is 0 Å². The quantitative estimate of drug-likeness (QED) is 0.568. The van der Waals surface area contributed by atoms with Crippen LogP contribution in [0, 0.1) is 0 Å². The molecule has 0 radical (unpaired) electrons. The second-order valence-electron chi connectivity index (χ2n) is 8.89. The topological polar surface area (TPSA) is 86.3 Å². The molecule has 0 bridgehead atoms. The first kappa shape index (κ1) is 21.9. The lowest BCUT2D eigenvalue weighted by Gasteiger charge is -2.40. The Kier molecular flexibility index (Phi) is 6.84. The van der Waals surface area contributed by atoms with E-state index in [2.05, 4.69) is 39.9 Å². The van der Waals surface area contributed by atoms with E-state index in [1.807, 2.05) is 25.7 Å². The number of hydrogen-bond donors (Lipinski definition) is 2. The van der Waals surface area contributed by atoms with Gasteiger partial charge in [0.05, 0.1) is 6.04 Å². The third kappa shape index (κ3) is 6.11. The Balaban J connectivity index is 1.39. The van der Waals surface area contributed by atoms with Crippen molar-refractivity contribution >= 4 is 18.0 Å². The van der Waals surface area contributed by atoms with E-state index in [1.165, 1.54) is 0 Å². The molecule has 2 aliphatic heterocycles. The van der Waals surface area contributed by atoms with Crippen LogP contribution in [0.3, 0.4) is 0 Å². The minimum Gasteiger partial charge on any atom is -0.444 e. The predicted molar refractivity (Wildman–Crippen MR) is 116 cm³/mol. The highest BCUT2D eigenvalue weighted by atomic mass is 16.6. The highest BCUT2D eigenvalue weighted by molar-refractivity contribution is 5.80. The Morgan fingerprint density at radius 3 is 2.43 bits per heavy atom. The SMILES string of the molecule is CN=C(NCc1ccc(CN2CCCC2=O)cc1)NC1CN(C(=O)OC(C)(C)C)C1. The van der Waals surface area contributed by atoms with Crippen molar-refractivity contribution in [1.29, 1.82) is 0 Å². The standard InChI is InChI=1S/C22H33N5O3/c1-22(2,3)30-21(29)27-14-18(15-27)25-20(23-4)24-12-16-7-9-17(10-8-16)13-26-11-5-6-19(26)28/h7-10,18H,5-6,11-15H2,1-4H3,(H2,23,24,25). The van der Waals surface area contributed by atoms with Gasteiger partial charge in [0.2, 0.25) is 5.91 Å². The lowest BCUT2D eigenvalue weighted by Crippen LogP contribution is -2.63. The number of nitrogens with one attached hydrogen (secondary N) is 2. The summed E-state index contributed by atoms with van der Waals surface area (Å²) in [4.78, 5) is 31.6. The zero-order valence-corrected chi connectivity index (χ0v) is 18.4. The number of amides is 2. The summed E-state index contributed by atoms with van der Waals surface area (Å²) >= 11 is 0. The maximum atomic E-state index is 12.0. The van der Waals surface area contributed by atoms with E-state index in [-0.39, 0.29) is 18.0 Å². The molecule has 2 saturated heterocycles. The number of rotatable bonds is 5. The van der Waals surface area contributed by atoms with Crippen molar-refractivity contribution in [3.05, 3.63) is 35.4 Å². The fourth-order valence-electron chi connectivity index (χ4n) is 3.47. The summed E-state index contributed by atoms with van der Waals surface area (Å²) in [6.45, 7) is 8.98. The summed E-state index contributed by atoms with van der Waals surface area (Å²) < 4.78 is 5.38. The van der Waals surface area contributed by atoms with Gasteiger partial charge < -0.3 is 25.2 Å². The van der Waals surface area contributed by atoms with Crippen molar-refractivity contribution in [2.75, 3.05) is 26.7 Å². The van der Waals surface area contributed by atoms with Gasteiger partial charge in [-0.05, 0) is 38.3 Å². The minimum atomic E-state index is -0.479. The summed E-state index contributed by atoms with van der Waals surface area (Å²) in [7, 11) is 1.73. The molecule has 0 atom stereocenters. The zero-order chi connectivity index (χ0) is 21.7. The molecule has 164 valence electrons. The zero-order valence-electron chi connectivity index (χ0n) is 18.4. The van der Waals surface area contributed by atoms with Crippen LogP contribution < -0.4 is 10.6 Å². The number of carbonyl (C=O) groups excluding carboxylic acids is 2. The van der Waals surface area contributed by atoms with E-state index in [0.717, 1.165) is 24.1 Å². The van der Waals surface area contributed by atoms with Gasteiger partial charge in [-0.2, -0.15) is 0 Å². The van der Waals surface area contributed by atoms with Gasteiger partial charge in [-0.3, -0.25) is 9.79 Å². The van der Waals surface area contributed by atoms with E-state index in [9.17, 15) is 9.59 Å². The van der Waals surface area contributed by atoms with Crippen LogP contribution in [0.25, 0.3) is 0 Å². The number of guanidine groups is 1. The molecule has 2 aliphatic rings. The van der Waals surface area contributed by atoms with Crippen LogP contribution in [-0.2, 0) is 22.6 Å². The van der Waals surface area contributed by atoms with Crippen LogP contribution in [0.2, 0.25) is 0 Å². The molecule has 1 aromatic rings. The van der Waals surface area contributed by atoms with Gasteiger partial charge >= 0.3 is 6.09 Å². The number of ether oxygens (including phenoxy) is 1. The average molecular weight is 416 g/mol. The summed E-state index contributed by atoms with van der Waals surface area (Å²) in [6.07, 6.45) is 1.35. The van der Waals surface area contributed by atoms with Gasteiger partial charge in [0.1, 0.15) is 5.60 Å². The molecule has 8 heteroatoms. The second kappa shape index (κ2) is 9.36. The summed E-state index contributed by atoms with van der Waals surface area (Å²) in [5.41, 5.74) is 1.80. The molecule has 8 nitrogen and oxygen atoms in total. The van der Waals surface area contributed by atoms with Crippen molar-refractivity contribution in [2.24, 2.45) is 4.99 Å². The average Bonchev–Trinajstić information content (AvgIpc) is 3.04. The molecule has 2 heterocycles. The van der Waals surface area contributed by atoms with Crippen molar-refractivity contribution in [3.63, 3.8) is 0 Å². The Morgan fingerprint density at radius 1 is 1.20 bits per heavy atom. The molecule has 0 unspecified atom stereocenters. The number of hydrogen-bond acceptors (Lipinski definition) is 4. The molecule has 3 rings (SSSR count). The molecule has 0 aromatic heterocycles. The van der Waals surface area contributed by atoms with E-state index < -0.39 is 5.60 Å². The van der Waals surface area contributed by atoms with E-state index >= 15 is 0 Å². The Morgan fingerprint density at radius 2 is 1.87 bits per heavy atom. The monoisotopic (exact) mass is 415 g/mol. The second-order valence-corrected chi connectivity index (χ2v) is 8.89.